The zero-order valence-corrected chi connectivity index (χ0v) is 19.6. The van der Waals surface area contributed by atoms with E-state index in [4.69, 9.17) is 15.9 Å². The van der Waals surface area contributed by atoms with Crippen molar-refractivity contribution in [2.24, 2.45) is 0 Å². The molecule has 2 amide bonds. The van der Waals surface area contributed by atoms with Gasteiger partial charge in [0.05, 0.1) is 31.8 Å². The molecule has 1 N–H and O–H groups in total. The van der Waals surface area contributed by atoms with E-state index in [2.05, 4.69) is 15.0 Å². The van der Waals surface area contributed by atoms with E-state index in [0.717, 1.165) is 12.3 Å². The van der Waals surface area contributed by atoms with Gasteiger partial charge in [-0.15, -0.1) is 6.42 Å². The Labute approximate surface area is 206 Å². The molecule has 3 aromatic rings. The maximum atomic E-state index is 14.3. The topological polar surface area (TPSA) is 93.9 Å². The van der Waals surface area contributed by atoms with Gasteiger partial charge in [0, 0.05) is 30.7 Å². The van der Waals surface area contributed by atoms with Crippen molar-refractivity contribution in [3.8, 4) is 35.2 Å². The lowest BCUT2D eigenvalue weighted by molar-refractivity contribution is -0.180. The van der Waals surface area contributed by atoms with Crippen LogP contribution in [0.5, 0.6) is 11.6 Å². The van der Waals surface area contributed by atoms with Gasteiger partial charge in [-0.3, -0.25) is 4.98 Å². The second kappa shape index (κ2) is 10.4. The van der Waals surface area contributed by atoms with Crippen molar-refractivity contribution in [2.45, 2.75) is 31.4 Å². The predicted octanol–water partition coefficient (Wildman–Crippen LogP) is 4.01. The molecule has 0 aliphatic heterocycles. The molecule has 0 saturated heterocycles. The van der Waals surface area contributed by atoms with Gasteiger partial charge in [0.2, 0.25) is 0 Å². The van der Waals surface area contributed by atoms with Gasteiger partial charge in [-0.1, -0.05) is 5.92 Å². The van der Waals surface area contributed by atoms with Crippen molar-refractivity contribution in [1.29, 1.82) is 0 Å². The Morgan fingerprint density at radius 2 is 1.89 bits per heavy atom. The van der Waals surface area contributed by atoms with E-state index in [1.807, 2.05) is 0 Å². The Balaban J connectivity index is 2.13. The number of imidazole rings is 1. The highest BCUT2D eigenvalue weighted by molar-refractivity contribution is 5.76. The Morgan fingerprint density at radius 1 is 1.19 bits per heavy atom. The third-order valence-corrected chi connectivity index (χ3v) is 5.19. The van der Waals surface area contributed by atoms with Crippen LogP contribution in [0.4, 0.5) is 31.1 Å². The highest BCUT2D eigenvalue weighted by atomic mass is 19.4. The van der Waals surface area contributed by atoms with Crippen LogP contribution in [0.1, 0.15) is 18.7 Å². The summed E-state index contributed by atoms with van der Waals surface area (Å²) < 4.78 is 93.8. The Morgan fingerprint density at radius 3 is 2.43 bits per heavy atom. The minimum absolute atomic E-state index is 0.0376. The van der Waals surface area contributed by atoms with E-state index in [-0.39, 0.29) is 27.8 Å². The van der Waals surface area contributed by atoms with Crippen LogP contribution >= 0.6 is 0 Å². The lowest BCUT2D eigenvalue weighted by Crippen LogP contribution is -2.53. The fourth-order valence-corrected chi connectivity index (χ4v) is 3.51. The molecule has 0 spiro atoms. The number of aromatic nitrogens is 4. The predicted molar refractivity (Wildman–Crippen MR) is 118 cm³/mol. The number of halogens is 6. The van der Waals surface area contributed by atoms with E-state index < -0.39 is 42.7 Å². The fraction of sp³-hybridized carbons (Fsp3) is 0.364. The molecule has 3 heterocycles. The van der Waals surface area contributed by atoms with Crippen LogP contribution in [0.25, 0.3) is 16.9 Å². The lowest BCUT2D eigenvalue weighted by atomic mass is 10.1. The summed E-state index contributed by atoms with van der Waals surface area (Å²) in [5.74, 6) is 1.42. The van der Waals surface area contributed by atoms with Crippen LogP contribution in [0.3, 0.4) is 0 Å². The van der Waals surface area contributed by atoms with E-state index >= 15 is 0 Å². The third-order valence-electron chi connectivity index (χ3n) is 5.19. The van der Waals surface area contributed by atoms with E-state index in [1.165, 1.54) is 49.2 Å². The molecule has 3 rings (SSSR count). The smallest absolute Gasteiger partial charge is 0.420 e. The molecule has 2 unspecified atom stereocenters. The molecule has 0 fully saturated rings. The number of hydrogen-bond acceptors (Lipinski definition) is 6. The van der Waals surface area contributed by atoms with E-state index in [9.17, 15) is 31.1 Å². The third kappa shape index (κ3) is 5.63. The van der Waals surface area contributed by atoms with Gasteiger partial charge in [0.15, 0.2) is 17.7 Å². The van der Waals surface area contributed by atoms with Crippen LogP contribution in [-0.2, 0) is 0 Å². The Hall–Kier alpha value is -4.22. The van der Waals surface area contributed by atoms with Gasteiger partial charge in [0.1, 0.15) is 5.75 Å². The number of ether oxygens (including phenoxy) is 2. The molecule has 37 heavy (non-hydrogen) atoms. The second-order valence-electron chi connectivity index (χ2n) is 7.42. The molecular weight excluding hydrogens is 510 g/mol. The second-order valence-corrected chi connectivity index (χ2v) is 7.42. The molecule has 0 aliphatic rings. The number of fused-ring (bicyclic) bond motifs is 1. The maximum Gasteiger partial charge on any atom is 0.420 e. The average molecular weight is 530 g/mol. The van der Waals surface area contributed by atoms with Crippen molar-refractivity contribution in [3.05, 3.63) is 36.5 Å². The molecule has 0 saturated carbocycles. The molecular formula is C22H20F6N6O3. The zero-order valence-electron chi connectivity index (χ0n) is 19.6. The van der Waals surface area contributed by atoms with Crippen LogP contribution < -0.4 is 14.8 Å². The molecule has 0 aromatic carbocycles. The minimum Gasteiger partial charge on any atom is -0.494 e. The standard InChI is InChI=1S/C22H20F6N6O3/c1-5-16(21(23,24)25)32-20(35)34(6-2)17(22(26,27)28)13-9-12(15(36-3)10-30-13)14-11-33-8-7-29-18(33)19(31-14)37-4/h1,7-11,16-17H,6H2,2-4H3,(H,32,35). The number of nitrogens with one attached hydrogen (secondary N) is 1. The van der Waals surface area contributed by atoms with Crippen LogP contribution in [-0.4, -0.2) is 69.4 Å². The van der Waals surface area contributed by atoms with Crippen LogP contribution in [0, 0.1) is 12.3 Å². The summed E-state index contributed by atoms with van der Waals surface area (Å²) in [5.41, 5.74) is -0.199. The van der Waals surface area contributed by atoms with E-state index in [0.29, 0.717) is 5.65 Å². The van der Waals surface area contributed by atoms with Gasteiger partial charge >= 0.3 is 18.4 Å². The number of carbonyl (C=O) groups is 1. The normalized spacial score (nSPS) is 13.5. The number of amides is 2. The van der Waals surface area contributed by atoms with Crippen molar-refractivity contribution in [1.82, 2.24) is 29.6 Å². The number of terminal acetylenes is 1. The number of hydrogen-bond donors (Lipinski definition) is 1. The molecule has 3 aromatic heterocycles. The molecule has 15 heteroatoms. The maximum absolute atomic E-state index is 14.3. The summed E-state index contributed by atoms with van der Waals surface area (Å²) in [6.07, 6.45) is 0.0810. The summed E-state index contributed by atoms with van der Waals surface area (Å²) in [4.78, 5) is 24.9. The van der Waals surface area contributed by atoms with Gasteiger partial charge in [-0.05, 0) is 13.0 Å². The number of methoxy groups -OCH3 is 2. The van der Waals surface area contributed by atoms with Gasteiger partial charge < -0.3 is 24.1 Å². The number of alkyl halides is 6. The quantitative estimate of drug-likeness (QED) is 0.367. The van der Waals surface area contributed by atoms with Crippen LogP contribution in [0.2, 0.25) is 0 Å². The molecule has 9 nitrogen and oxygen atoms in total. The summed E-state index contributed by atoms with van der Waals surface area (Å²) in [6.45, 7) is 0.544. The fourth-order valence-electron chi connectivity index (χ4n) is 3.51. The number of carbonyl (C=O) groups excluding carboxylic acids is 1. The lowest BCUT2D eigenvalue weighted by Gasteiger charge is -2.33. The van der Waals surface area contributed by atoms with Crippen molar-refractivity contribution in [3.63, 3.8) is 0 Å². The molecule has 198 valence electrons. The van der Waals surface area contributed by atoms with Gasteiger partial charge in [-0.2, -0.15) is 26.3 Å². The number of nitrogens with zero attached hydrogens (tertiary/aromatic N) is 5. The highest BCUT2D eigenvalue weighted by Gasteiger charge is 2.49. The van der Waals surface area contributed by atoms with Crippen LogP contribution in [0.15, 0.2) is 30.9 Å². The summed E-state index contributed by atoms with van der Waals surface area (Å²) in [6, 6.07) is -6.21. The van der Waals surface area contributed by atoms with Gasteiger partial charge in [-0.25, -0.2) is 14.8 Å². The number of urea groups is 1. The van der Waals surface area contributed by atoms with E-state index in [1.54, 1.807) is 6.20 Å². The Bertz CT molecular complexity index is 1320. The summed E-state index contributed by atoms with van der Waals surface area (Å²) in [7, 11) is 2.59. The zero-order chi connectivity index (χ0) is 27.5. The van der Waals surface area contributed by atoms with Crippen molar-refractivity contribution < 1.29 is 40.6 Å². The van der Waals surface area contributed by atoms with Crippen molar-refractivity contribution >= 4 is 11.7 Å². The van der Waals surface area contributed by atoms with Gasteiger partial charge in [0.25, 0.3) is 5.88 Å². The number of rotatable bonds is 7. The minimum atomic E-state index is -5.13. The molecule has 2 atom stereocenters. The first-order valence-corrected chi connectivity index (χ1v) is 10.4. The Kier molecular flexibility index (Phi) is 7.70. The first-order chi connectivity index (χ1) is 17.3. The summed E-state index contributed by atoms with van der Waals surface area (Å²) >= 11 is 0. The average Bonchev–Trinajstić information content (AvgIpc) is 3.32. The first kappa shape index (κ1) is 27.4. The largest absolute Gasteiger partial charge is 0.494 e. The molecule has 0 bridgehead atoms. The molecule has 0 aliphatic carbocycles. The van der Waals surface area contributed by atoms with Crippen molar-refractivity contribution in [2.75, 3.05) is 20.8 Å². The monoisotopic (exact) mass is 530 g/mol. The highest BCUT2D eigenvalue weighted by Crippen LogP contribution is 2.40. The number of pyridine rings is 1. The molecule has 0 radical (unpaired) electrons. The SMILES string of the molecule is C#CC(NC(=O)N(CC)C(c1cc(-c2cn3ccnc3c(OC)n2)c(OC)cn1)C(F)(F)F)C(F)(F)F. The summed E-state index contributed by atoms with van der Waals surface area (Å²) in [5, 5.41) is 1.42. The first-order valence-electron chi connectivity index (χ1n) is 10.4.